The molecule has 0 unspecified atom stereocenters. The quantitative estimate of drug-likeness (QED) is 0.865. The maximum atomic E-state index is 11.4. The van der Waals surface area contributed by atoms with Gasteiger partial charge in [0, 0.05) is 39.0 Å². The summed E-state index contributed by atoms with van der Waals surface area (Å²) < 4.78 is 1.83. The Bertz CT molecular complexity index is 649. The second-order valence-corrected chi connectivity index (χ2v) is 5.68. The molecular formula is C16H20N4O. The minimum absolute atomic E-state index is 0.175. The highest BCUT2D eigenvalue weighted by molar-refractivity contribution is 5.73. The van der Waals surface area contributed by atoms with E-state index in [-0.39, 0.29) is 5.91 Å². The van der Waals surface area contributed by atoms with Gasteiger partial charge in [-0.1, -0.05) is 6.07 Å². The molecule has 0 saturated carbocycles. The van der Waals surface area contributed by atoms with E-state index in [0.717, 1.165) is 43.0 Å². The lowest BCUT2D eigenvalue weighted by Crippen LogP contribution is -2.26. The number of nitrogens with zero attached hydrogens (tertiary/aromatic N) is 4. The zero-order valence-electron chi connectivity index (χ0n) is 12.5. The molecule has 3 heterocycles. The lowest BCUT2D eigenvalue weighted by Gasteiger charge is -2.14. The molecule has 2 aromatic rings. The van der Waals surface area contributed by atoms with Gasteiger partial charge in [0.15, 0.2) is 0 Å². The van der Waals surface area contributed by atoms with Crippen molar-refractivity contribution in [1.82, 2.24) is 19.7 Å². The summed E-state index contributed by atoms with van der Waals surface area (Å²) in [6.45, 7) is 3.37. The van der Waals surface area contributed by atoms with Crippen LogP contribution < -0.4 is 0 Å². The molecule has 0 N–H and O–H groups in total. The fourth-order valence-electron chi connectivity index (χ4n) is 2.94. The van der Waals surface area contributed by atoms with Crippen LogP contribution in [0.15, 0.2) is 30.5 Å². The van der Waals surface area contributed by atoms with Crippen molar-refractivity contribution < 1.29 is 4.79 Å². The van der Waals surface area contributed by atoms with Crippen molar-refractivity contribution in [3.63, 3.8) is 0 Å². The van der Waals surface area contributed by atoms with Crippen molar-refractivity contribution in [3.8, 4) is 11.4 Å². The number of likely N-dealkylation sites (tertiary alicyclic amines) is 1. The van der Waals surface area contributed by atoms with Gasteiger partial charge in [-0.15, -0.1) is 0 Å². The third kappa shape index (κ3) is 2.96. The van der Waals surface area contributed by atoms with Crippen LogP contribution in [0.4, 0.5) is 0 Å². The molecular weight excluding hydrogens is 264 g/mol. The Hall–Kier alpha value is -2.17. The standard InChI is InChI=1S/C16H20N4O/c1-12(21)20-9-7-13(11-20)10-14-4-3-5-15(18-14)16-6-8-17-19(16)2/h3-6,8,13H,7,9-11H2,1-2H3/t13-/m0/s1. The molecule has 2 aromatic heterocycles. The molecule has 0 aromatic carbocycles. The predicted molar refractivity (Wildman–Crippen MR) is 80.5 cm³/mol. The van der Waals surface area contributed by atoms with Crippen molar-refractivity contribution >= 4 is 5.91 Å². The fourth-order valence-corrected chi connectivity index (χ4v) is 2.94. The Morgan fingerprint density at radius 1 is 1.38 bits per heavy atom. The highest BCUT2D eigenvalue weighted by Gasteiger charge is 2.24. The van der Waals surface area contributed by atoms with Gasteiger partial charge >= 0.3 is 0 Å². The van der Waals surface area contributed by atoms with Crippen LogP contribution in [0.3, 0.4) is 0 Å². The van der Waals surface area contributed by atoms with E-state index in [2.05, 4.69) is 11.2 Å². The van der Waals surface area contributed by atoms with Gasteiger partial charge in [0.05, 0.1) is 11.4 Å². The van der Waals surface area contributed by atoms with Crippen LogP contribution in [0.2, 0.25) is 0 Å². The van der Waals surface area contributed by atoms with E-state index >= 15 is 0 Å². The first-order valence-corrected chi connectivity index (χ1v) is 7.33. The van der Waals surface area contributed by atoms with Crippen molar-refractivity contribution in [1.29, 1.82) is 0 Å². The summed E-state index contributed by atoms with van der Waals surface area (Å²) >= 11 is 0. The molecule has 1 atom stereocenters. The van der Waals surface area contributed by atoms with E-state index in [9.17, 15) is 4.79 Å². The van der Waals surface area contributed by atoms with Crippen LogP contribution in [-0.4, -0.2) is 38.7 Å². The minimum atomic E-state index is 0.175. The molecule has 5 heteroatoms. The number of pyridine rings is 1. The fraction of sp³-hybridized carbons (Fsp3) is 0.438. The maximum absolute atomic E-state index is 11.4. The number of aryl methyl sites for hydroxylation is 1. The average molecular weight is 284 g/mol. The molecule has 3 rings (SSSR count). The minimum Gasteiger partial charge on any atom is -0.343 e. The summed E-state index contributed by atoms with van der Waals surface area (Å²) in [7, 11) is 1.92. The highest BCUT2D eigenvalue weighted by atomic mass is 16.2. The summed E-state index contributed by atoms with van der Waals surface area (Å²) in [5.41, 5.74) is 3.06. The second-order valence-electron chi connectivity index (χ2n) is 5.68. The van der Waals surface area contributed by atoms with E-state index in [1.165, 1.54) is 0 Å². The molecule has 1 aliphatic heterocycles. The Labute approximate surface area is 124 Å². The van der Waals surface area contributed by atoms with Crippen molar-refractivity contribution in [2.45, 2.75) is 19.8 Å². The highest BCUT2D eigenvalue weighted by Crippen LogP contribution is 2.22. The molecule has 1 saturated heterocycles. The molecule has 1 aliphatic rings. The van der Waals surface area contributed by atoms with Crippen LogP contribution >= 0.6 is 0 Å². The van der Waals surface area contributed by atoms with Gasteiger partial charge in [-0.25, -0.2) is 0 Å². The normalized spacial score (nSPS) is 18.2. The van der Waals surface area contributed by atoms with Gasteiger partial charge in [0.25, 0.3) is 0 Å². The van der Waals surface area contributed by atoms with E-state index < -0.39 is 0 Å². The maximum Gasteiger partial charge on any atom is 0.219 e. The largest absolute Gasteiger partial charge is 0.343 e. The number of aromatic nitrogens is 3. The average Bonchev–Trinajstić information content (AvgIpc) is 3.08. The van der Waals surface area contributed by atoms with E-state index in [0.29, 0.717) is 5.92 Å². The number of hydrogen-bond acceptors (Lipinski definition) is 3. The zero-order valence-corrected chi connectivity index (χ0v) is 12.5. The van der Waals surface area contributed by atoms with Crippen molar-refractivity contribution in [2.24, 2.45) is 13.0 Å². The van der Waals surface area contributed by atoms with E-state index in [1.807, 2.05) is 34.8 Å². The smallest absolute Gasteiger partial charge is 0.219 e. The van der Waals surface area contributed by atoms with E-state index in [1.54, 1.807) is 13.1 Å². The number of carbonyl (C=O) groups is 1. The second kappa shape index (κ2) is 5.68. The first kappa shape index (κ1) is 13.8. The van der Waals surface area contributed by atoms with E-state index in [4.69, 9.17) is 4.98 Å². The summed E-state index contributed by atoms with van der Waals surface area (Å²) in [5.74, 6) is 0.692. The van der Waals surface area contributed by atoms with Gasteiger partial charge < -0.3 is 4.90 Å². The van der Waals surface area contributed by atoms with Crippen LogP contribution in [0.25, 0.3) is 11.4 Å². The Morgan fingerprint density at radius 2 is 2.24 bits per heavy atom. The molecule has 0 radical (unpaired) electrons. The van der Waals surface area contributed by atoms with Gasteiger partial charge in [0.2, 0.25) is 5.91 Å². The monoisotopic (exact) mass is 284 g/mol. The predicted octanol–water partition coefficient (Wildman–Crippen LogP) is 1.89. The van der Waals surface area contributed by atoms with Crippen molar-refractivity contribution in [3.05, 3.63) is 36.2 Å². The topological polar surface area (TPSA) is 51.0 Å². The molecule has 0 bridgehead atoms. The SMILES string of the molecule is CC(=O)N1CC[C@@H](Cc2cccc(-c3ccnn3C)n2)C1. The van der Waals surface area contributed by atoms with Crippen LogP contribution in [0.5, 0.6) is 0 Å². The lowest BCUT2D eigenvalue weighted by molar-refractivity contribution is -0.127. The number of hydrogen-bond donors (Lipinski definition) is 0. The molecule has 1 fully saturated rings. The van der Waals surface area contributed by atoms with Crippen LogP contribution in [-0.2, 0) is 18.3 Å². The summed E-state index contributed by atoms with van der Waals surface area (Å²) in [6.07, 6.45) is 3.78. The number of carbonyl (C=O) groups excluding carboxylic acids is 1. The number of amides is 1. The Kier molecular flexibility index (Phi) is 3.73. The van der Waals surface area contributed by atoms with Crippen LogP contribution in [0.1, 0.15) is 19.0 Å². The van der Waals surface area contributed by atoms with Crippen LogP contribution in [0, 0.1) is 5.92 Å². The third-order valence-corrected chi connectivity index (χ3v) is 4.12. The summed E-state index contributed by atoms with van der Waals surface area (Å²) in [4.78, 5) is 18.1. The third-order valence-electron chi connectivity index (χ3n) is 4.12. The molecule has 0 aliphatic carbocycles. The zero-order chi connectivity index (χ0) is 14.8. The molecule has 0 spiro atoms. The first-order chi connectivity index (χ1) is 10.1. The molecule has 21 heavy (non-hydrogen) atoms. The summed E-state index contributed by atoms with van der Waals surface area (Å²) in [5, 5.41) is 4.19. The number of rotatable bonds is 3. The van der Waals surface area contributed by atoms with Gasteiger partial charge in [-0.05, 0) is 37.0 Å². The van der Waals surface area contributed by atoms with Gasteiger partial charge in [0.1, 0.15) is 0 Å². The molecule has 5 nitrogen and oxygen atoms in total. The summed E-state index contributed by atoms with van der Waals surface area (Å²) in [6, 6.07) is 8.09. The molecule has 1 amide bonds. The Balaban J connectivity index is 1.73. The van der Waals surface area contributed by atoms with Crippen molar-refractivity contribution in [2.75, 3.05) is 13.1 Å². The van der Waals surface area contributed by atoms with Gasteiger partial charge in [-0.2, -0.15) is 5.10 Å². The molecule has 110 valence electrons. The first-order valence-electron chi connectivity index (χ1n) is 7.33. The Morgan fingerprint density at radius 3 is 2.90 bits per heavy atom. The van der Waals surface area contributed by atoms with Gasteiger partial charge in [-0.3, -0.25) is 14.5 Å². The lowest BCUT2D eigenvalue weighted by atomic mass is 10.0.